The van der Waals surface area contributed by atoms with Gasteiger partial charge in [0.05, 0.1) is 40.8 Å². The van der Waals surface area contributed by atoms with Crippen LogP contribution in [0.1, 0.15) is 51.2 Å². The maximum absolute atomic E-state index is 15.9. The molecule has 7 rings (SSSR count). The highest BCUT2D eigenvalue weighted by molar-refractivity contribution is 6.39. The second kappa shape index (κ2) is 15.9. The Morgan fingerprint density at radius 3 is 2.46 bits per heavy atom. The van der Waals surface area contributed by atoms with Crippen LogP contribution in [0.4, 0.5) is 20.6 Å². The number of halogens is 3. The molecule has 0 bridgehead atoms. The van der Waals surface area contributed by atoms with Gasteiger partial charge < -0.3 is 30.3 Å². The number of benzene rings is 3. The monoisotopic (exact) mass is 802 g/mol. The Kier molecular flexibility index (Phi) is 11.2. The van der Waals surface area contributed by atoms with E-state index in [0.29, 0.717) is 87.5 Å². The summed E-state index contributed by atoms with van der Waals surface area (Å²) in [6, 6.07) is 17.8. The Labute approximate surface area is 335 Å². The summed E-state index contributed by atoms with van der Waals surface area (Å²) in [5.41, 5.74) is 3.77. The zero-order valence-electron chi connectivity index (χ0n) is 31.8. The molecule has 11 nitrogen and oxygen atoms in total. The first-order valence-corrected chi connectivity index (χ1v) is 19.4. The van der Waals surface area contributed by atoms with Crippen LogP contribution in [0.3, 0.4) is 0 Å². The largest absolute Gasteiger partial charge is 0.496 e. The molecule has 0 aliphatic carbocycles. The number of methoxy groups -OCH3 is 1. The summed E-state index contributed by atoms with van der Waals surface area (Å²) < 4.78 is 27.4. The quantitative estimate of drug-likeness (QED) is 0.140. The van der Waals surface area contributed by atoms with Gasteiger partial charge in [-0.05, 0) is 51.5 Å². The van der Waals surface area contributed by atoms with Crippen LogP contribution in [0.5, 0.6) is 5.75 Å². The molecule has 1 spiro atoms. The molecule has 3 aliphatic rings. The Morgan fingerprint density at radius 1 is 1.02 bits per heavy atom. The number of likely N-dealkylation sites (tertiary alicyclic amines) is 1. The van der Waals surface area contributed by atoms with Crippen molar-refractivity contribution >= 4 is 52.5 Å². The molecular formula is C42H45Cl2FN6O5. The first-order valence-electron chi connectivity index (χ1n) is 18.6. The standard InChI is InChI=1S/C42H45Cl2FN6O5/c1-41(2,3)56-40(54)51(21-28-13-14-34(52)48-28)20-26-12-11-25(17-33(26)55-4)39-37(44)30(15-16-46-39)29-8-6-9-31(36(29)43)49-32-10-5-7-27(38(32)45)19-50-23-42(24-50)18-35(53)47-22-42/h5-12,15-17,28,49H,13-14,18-24H2,1-4H3,(H,47,53)(H,48,52)/t28-/m0/s1. The fourth-order valence-corrected chi connectivity index (χ4v) is 8.30. The summed E-state index contributed by atoms with van der Waals surface area (Å²) in [5, 5.41) is 9.74. The van der Waals surface area contributed by atoms with Crippen LogP contribution in [0.2, 0.25) is 10.0 Å². The summed E-state index contributed by atoms with van der Waals surface area (Å²) in [6.45, 7) is 8.50. The third-order valence-electron chi connectivity index (χ3n) is 10.3. The minimum Gasteiger partial charge on any atom is -0.496 e. The smallest absolute Gasteiger partial charge is 0.410 e. The Bertz CT molecular complexity index is 2170. The molecule has 3 aliphatic heterocycles. The third kappa shape index (κ3) is 8.57. The number of carbonyl (C=O) groups is 3. The van der Waals surface area contributed by atoms with Gasteiger partial charge in [-0.2, -0.15) is 0 Å². The number of hydrogen-bond acceptors (Lipinski definition) is 8. The fourth-order valence-electron chi connectivity index (χ4n) is 7.70. The molecular weight excluding hydrogens is 758 g/mol. The Morgan fingerprint density at radius 2 is 1.77 bits per heavy atom. The fraction of sp³-hybridized carbons (Fsp3) is 0.381. The lowest BCUT2D eigenvalue weighted by Crippen LogP contribution is -2.56. The molecule has 3 amide bonds. The molecule has 3 aromatic carbocycles. The van der Waals surface area contributed by atoms with Gasteiger partial charge in [-0.25, -0.2) is 9.18 Å². The third-order valence-corrected chi connectivity index (χ3v) is 11.1. The molecule has 294 valence electrons. The predicted molar refractivity (Wildman–Crippen MR) is 215 cm³/mol. The van der Waals surface area contributed by atoms with Gasteiger partial charge in [0.1, 0.15) is 11.4 Å². The number of amides is 3. The second-order valence-electron chi connectivity index (χ2n) is 15.9. The van der Waals surface area contributed by atoms with E-state index in [4.69, 9.17) is 32.7 Å². The molecule has 14 heteroatoms. The van der Waals surface area contributed by atoms with Gasteiger partial charge in [0.25, 0.3) is 0 Å². The second-order valence-corrected chi connectivity index (χ2v) is 16.6. The normalized spacial score (nSPS) is 17.7. The number of aromatic nitrogens is 1. The minimum atomic E-state index is -0.703. The van der Waals surface area contributed by atoms with Gasteiger partial charge in [0.2, 0.25) is 11.8 Å². The SMILES string of the molecule is COc1cc(-c2nccc(-c3cccc(Nc4cccc(CN5CC6(CNC(=O)C6)C5)c4F)c3Cl)c2Cl)ccc1CN(C[C@@H]1CCC(=O)N1)C(=O)OC(C)(C)C. The molecule has 0 radical (unpaired) electrons. The molecule has 56 heavy (non-hydrogen) atoms. The molecule has 3 N–H and O–H groups in total. The van der Waals surface area contributed by atoms with Crippen molar-refractivity contribution < 1.29 is 28.2 Å². The summed E-state index contributed by atoms with van der Waals surface area (Å²) in [4.78, 5) is 45.3. The predicted octanol–water partition coefficient (Wildman–Crippen LogP) is 7.95. The lowest BCUT2D eigenvalue weighted by Gasteiger charge is -2.47. The zero-order chi connectivity index (χ0) is 39.8. The number of nitrogens with one attached hydrogen (secondary N) is 3. The Balaban J connectivity index is 1.10. The molecule has 3 fully saturated rings. The van der Waals surface area contributed by atoms with Crippen LogP contribution in [-0.4, -0.2) is 77.6 Å². The average molecular weight is 804 g/mol. The molecule has 3 saturated heterocycles. The van der Waals surface area contributed by atoms with Crippen molar-refractivity contribution in [1.82, 2.24) is 25.4 Å². The molecule has 1 aromatic heterocycles. The zero-order valence-corrected chi connectivity index (χ0v) is 33.3. The van der Waals surface area contributed by atoms with Crippen LogP contribution in [0.25, 0.3) is 22.4 Å². The first kappa shape index (κ1) is 39.3. The van der Waals surface area contributed by atoms with Crippen LogP contribution in [-0.2, 0) is 27.4 Å². The number of nitrogens with zero attached hydrogens (tertiary/aromatic N) is 3. The number of pyridine rings is 1. The van der Waals surface area contributed by atoms with Gasteiger partial charge in [0.15, 0.2) is 5.82 Å². The van der Waals surface area contributed by atoms with E-state index in [9.17, 15) is 14.4 Å². The molecule has 1 atom stereocenters. The van der Waals surface area contributed by atoms with Crippen LogP contribution in [0, 0.1) is 11.2 Å². The maximum Gasteiger partial charge on any atom is 0.410 e. The van der Waals surface area contributed by atoms with E-state index < -0.39 is 11.7 Å². The van der Waals surface area contributed by atoms with E-state index in [1.807, 2.05) is 57.2 Å². The molecule has 0 unspecified atom stereocenters. The topological polar surface area (TPSA) is 125 Å². The highest BCUT2D eigenvalue weighted by Gasteiger charge is 2.48. The van der Waals surface area contributed by atoms with E-state index in [1.165, 1.54) is 0 Å². The summed E-state index contributed by atoms with van der Waals surface area (Å²) >= 11 is 14.1. The van der Waals surface area contributed by atoms with Crippen molar-refractivity contribution in [2.75, 3.05) is 38.6 Å². The van der Waals surface area contributed by atoms with Crippen LogP contribution < -0.4 is 20.7 Å². The van der Waals surface area contributed by atoms with Crippen molar-refractivity contribution in [3.05, 3.63) is 93.8 Å². The van der Waals surface area contributed by atoms with Gasteiger partial charge in [-0.1, -0.05) is 59.6 Å². The number of carbonyl (C=O) groups excluding carboxylic acids is 3. The van der Waals surface area contributed by atoms with Crippen molar-refractivity contribution in [2.24, 2.45) is 5.41 Å². The number of hydrogen-bond donors (Lipinski definition) is 3. The maximum atomic E-state index is 15.9. The van der Waals surface area contributed by atoms with Crippen molar-refractivity contribution in [2.45, 2.75) is 64.8 Å². The van der Waals surface area contributed by atoms with E-state index >= 15 is 4.39 Å². The first-order chi connectivity index (χ1) is 26.7. The van der Waals surface area contributed by atoms with E-state index in [1.54, 1.807) is 42.5 Å². The minimum absolute atomic E-state index is 0.0366. The van der Waals surface area contributed by atoms with E-state index in [-0.39, 0.29) is 42.2 Å². The Hall–Kier alpha value is -4.91. The van der Waals surface area contributed by atoms with Crippen molar-refractivity contribution in [3.8, 4) is 28.1 Å². The van der Waals surface area contributed by atoms with Gasteiger partial charge in [-0.15, -0.1) is 0 Å². The lowest BCUT2D eigenvalue weighted by atomic mass is 9.79. The van der Waals surface area contributed by atoms with E-state index in [0.717, 1.165) is 18.7 Å². The number of anilines is 2. The van der Waals surface area contributed by atoms with Crippen molar-refractivity contribution in [1.29, 1.82) is 0 Å². The highest BCUT2D eigenvalue weighted by Crippen LogP contribution is 2.43. The van der Waals surface area contributed by atoms with Gasteiger partial charge >= 0.3 is 6.09 Å². The lowest BCUT2D eigenvalue weighted by molar-refractivity contribution is -0.121. The van der Waals surface area contributed by atoms with Gasteiger partial charge in [-0.3, -0.25) is 19.5 Å². The summed E-state index contributed by atoms with van der Waals surface area (Å²) in [6.07, 6.45) is 2.72. The number of rotatable bonds is 11. The van der Waals surface area contributed by atoms with E-state index in [2.05, 4.69) is 25.8 Å². The molecule has 4 aromatic rings. The summed E-state index contributed by atoms with van der Waals surface area (Å²) in [7, 11) is 1.55. The van der Waals surface area contributed by atoms with Crippen molar-refractivity contribution in [3.63, 3.8) is 0 Å². The van der Waals surface area contributed by atoms with Crippen LogP contribution >= 0.6 is 23.2 Å². The number of ether oxygens (including phenoxy) is 2. The summed E-state index contributed by atoms with van der Waals surface area (Å²) in [5.74, 6) is 0.193. The average Bonchev–Trinajstić information content (AvgIpc) is 3.74. The molecule has 4 heterocycles. The van der Waals surface area contributed by atoms with Gasteiger partial charge in [0, 0.05) is 91.0 Å². The molecule has 0 saturated carbocycles. The van der Waals surface area contributed by atoms with Crippen LogP contribution in [0.15, 0.2) is 66.9 Å². The highest BCUT2D eigenvalue weighted by atomic mass is 35.5.